The van der Waals surface area contributed by atoms with Crippen molar-refractivity contribution in [2.24, 2.45) is 0 Å². The van der Waals surface area contributed by atoms with Crippen LogP contribution in [0.25, 0.3) is 0 Å². The van der Waals surface area contributed by atoms with Crippen molar-refractivity contribution in [3.63, 3.8) is 0 Å². The van der Waals surface area contributed by atoms with Gasteiger partial charge < -0.3 is 20.4 Å². The van der Waals surface area contributed by atoms with E-state index >= 15 is 0 Å². The van der Waals surface area contributed by atoms with Gasteiger partial charge in [-0.3, -0.25) is 0 Å². The van der Waals surface area contributed by atoms with Crippen molar-refractivity contribution in [3.8, 4) is 23.0 Å². The van der Waals surface area contributed by atoms with Gasteiger partial charge >= 0.3 is 0 Å². The van der Waals surface area contributed by atoms with Crippen molar-refractivity contribution in [3.05, 3.63) is 153 Å². The first-order valence-electron chi connectivity index (χ1n) is 18.4. The molecule has 5 aromatic rings. The highest BCUT2D eigenvalue weighted by Crippen LogP contribution is 2.47. The summed E-state index contributed by atoms with van der Waals surface area (Å²) in [5.41, 5.74) is 7.82. The second kappa shape index (κ2) is 13.7. The summed E-state index contributed by atoms with van der Waals surface area (Å²) in [5, 5.41) is 46.7. The Hall–Kier alpha value is -4.70. The van der Waals surface area contributed by atoms with Crippen LogP contribution in [0.1, 0.15) is 151 Å². The fourth-order valence-electron chi connectivity index (χ4n) is 6.99. The van der Waals surface area contributed by atoms with Crippen LogP contribution in [0.5, 0.6) is 23.0 Å². The molecule has 0 heterocycles. The van der Waals surface area contributed by atoms with E-state index in [-0.39, 0.29) is 44.7 Å². The van der Waals surface area contributed by atoms with Crippen LogP contribution in [-0.2, 0) is 21.7 Å². The van der Waals surface area contributed by atoms with Gasteiger partial charge in [0, 0.05) is 34.1 Å². The first-order valence-corrected chi connectivity index (χ1v) is 18.4. The largest absolute Gasteiger partial charge is 0.508 e. The van der Waals surface area contributed by atoms with E-state index in [9.17, 15) is 20.4 Å². The minimum absolute atomic E-state index is 0.157. The van der Waals surface area contributed by atoms with E-state index in [0.717, 1.165) is 33.4 Å². The van der Waals surface area contributed by atoms with Crippen LogP contribution >= 0.6 is 0 Å². The second-order valence-corrected chi connectivity index (χ2v) is 18.6. The molecule has 0 amide bonds. The average molecular weight is 699 g/mol. The molecule has 0 saturated heterocycles. The highest BCUT2D eigenvalue weighted by atomic mass is 16.3. The summed E-state index contributed by atoms with van der Waals surface area (Å²) in [5.74, 6) is -0.405. The maximum atomic E-state index is 11.7. The van der Waals surface area contributed by atoms with Crippen molar-refractivity contribution in [2.75, 3.05) is 0 Å². The number of hydrogen-bond donors (Lipinski definition) is 4. The van der Waals surface area contributed by atoms with Gasteiger partial charge in [-0.15, -0.1) is 0 Å². The molecule has 0 spiro atoms. The third kappa shape index (κ3) is 8.02. The Kier molecular flexibility index (Phi) is 10.1. The lowest BCUT2D eigenvalue weighted by molar-refractivity contribution is 0.454. The molecule has 274 valence electrons. The van der Waals surface area contributed by atoms with Gasteiger partial charge in [0.1, 0.15) is 23.0 Å². The zero-order valence-corrected chi connectivity index (χ0v) is 33.2. The van der Waals surface area contributed by atoms with E-state index in [1.54, 1.807) is 0 Å². The van der Waals surface area contributed by atoms with Crippen LogP contribution < -0.4 is 0 Å². The highest BCUT2D eigenvalue weighted by molar-refractivity contribution is 5.59. The third-order valence-electron chi connectivity index (χ3n) is 10.4. The SMILES string of the molecule is CC(C)(C)c1ccc(C(c2cccc(C(c3ccc(C(C)(C)C)cc3O)c3ccc(C(C)(C)C)cc3O)c2)c2ccc(C(C)(C)C)cc2O)c(O)c1. The maximum Gasteiger partial charge on any atom is 0.120 e. The Bertz CT molecular complexity index is 1800. The van der Waals surface area contributed by atoms with E-state index in [4.69, 9.17) is 0 Å². The first kappa shape index (κ1) is 38.5. The van der Waals surface area contributed by atoms with Crippen molar-refractivity contribution < 1.29 is 20.4 Å². The normalized spacial score (nSPS) is 12.9. The molecule has 5 aromatic carbocycles. The zero-order chi connectivity index (χ0) is 38.6. The van der Waals surface area contributed by atoms with Gasteiger partial charge in [0.25, 0.3) is 0 Å². The molecule has 0 aliphatic carbocycles. The average Bonchev–Trinajstić information content (AvgIpc) is 3.02. The highest BCUT2D eigenvalue weighted by Gasteiger charge is 2.30. The molecule has 0 radical (unpaired) electrons. The summed E-state index contributed by atoms with van der Waals surface area (Å²) in [7, 11) is 0. The number of phenols is 4. The van der Waals surface area contributed by atoms with Crippen molar-refractivity contribution in [2.45, 2.75) is 117 Å². The topological polar surface area (TPSA) is 80.9 Å². The Balaban J connectivity index is 1.77. The monoisotopic (exact) mass is 698 g/mol. The zero-order valence-electron chi connectivity index (χ0n) is 33.2. The van der Waals surface area contributed by atoms with Gasteiger partial charge in [0.15, 0.2) is 0 Å². The molecule has 0 atom stereocenters. The van der Waals surface area contributed by atoms with E-state index in [2.05, 4.69) is 113 Å². The molecule has 4 N–H and O–H groups in total. The van der Waals surface area contributed by atoms with Crippen LogP contribution in [0.4, 0.5) is 0 Å². The fraction of sp³-hybridized carbons (Fsp3) is 0.375. The molecule has 0 unspecified atom stereocenters. The summed E-state index contributed by atoms with van der Waals surface area (Å²) in [6.45, 7) is 25.4. The Morgan fingerprint density at radius 2 is 0.558 bits per heavy atom. The van der Waals surface area contributed by atoms with Gasteiger partial charge in [-0.1, -0.05) is 156 Å². The summed E-state index contributed by atoms with van der Waals surface area (Å²) >= 11 is 0. The molecule has 5 rings (SSSR count). The lowest BCUT2D eigenvalue weighted by Crippen LogP contribution is -2.14. The van der Waals surface area contributed by atoms with Gasteiger partial charge in [-0.25, -0.2) is 0 Å². The second-order valence-electron chi connectivity index (χ2n) is 18.6. The quantitative estimate of drug-likeness (QED) is 0.133. The molecular formula is C48H58O4. The van der Waals surface area contributed by atoms with E-state index in [1.807, 2.05) is 66.7 Å². The number of aromatic hydroxyl groups is 4. The van der Waals surface area contributed by atoms with Crippen molar-refractivity contribution in [1.82, 2.24) is 0 Å². The third-order valence-corrected chi connectivity index (χ3v) is 10.4. The predicted octanol–water partition coefficient (Wildman–Crippen LogP) is 12.1. The lowest BCUT2D eigenvalue weighted by atomic mass is 9.77. The predicted molar refractivity (Wildman–Crippen MR) is 216 cm³/mol. The van der Waals surface area contributed by atoms with Crippen LogP contribution in [0.3, 0.4) is 0 Å². The van der Waals surface area contributed by atoms with E-state index < -0.39 is 11.8 Å². The van der Waals surface area contributed by atoms with Gasteiger partial charge in [-0.2, -0.15) is 0 Å². The molecular weight excluding hydrogens is 641 g/mol. The lowest BCUT2D eigenvalue weighted by Gasteiger charge is -2.28. The number of phenolic OH excluding ortho intramolecular Hbond substituents is 4. The molecule has 4 heteroatoms. The molecule has 0 fully saturated rings. The summed E-state index contributed by atoms with van der Waals surface area (Å²) in [6.07, 6.45) is 0. The fourth-order valence-corrected chi connectivity index (χ4v) is 6.99. The number of benzene rings is 5. The van der Waals surface area contributed by atoms with Crippen molar-refractivity contribution in [1.29, 1.82) is 0 Å². The molecule has 4 nitrogen and oxygen atoms in total. The summed E-state index contributed by atoms with van der Waals surface area (Å²) < 4.78 is 0. The smallest absolute Gasteiger partial charge is 0.120 e. The minimum Gasteiger partial charge on any atom is -0.508 e. The Morgan fingerprint density at radius 1 is 0.327 bits per heavy atom. The number of hydrogen-bond acceptors (Lipinski definition) is 4. The first-order chi connectivity index (χ1) is 24.0. The minimum atomic E-state index is -0.516. The molecule has 0 aliphatic heterocycles. The van der Waals surface area contributed by atoms with Gasteiger partial charge in [0.05, 0.1) is 0 Å². The van der Waals surface area contributed by atoms with Crippen LogP contribution in [0.15, 0.2) is 97.1 Å². The standard InChI is InChI=1S/C48H58O4/c1-45(2,3)31-16-20-35(39(49)25-31)43(36-21-17-32(26-40(36)50)46(4,5)6)29-14-13-15-30(24-29)44(37-22-18-33(27-41(37)51)47(7,8)9)38-23-19-34(28-42(38)52)48(10,11)12/h13-28,43-44,49-52H,1-12H3. The van der Waals surface area contributed by atoms with Crippen LogP contribution in [-0.4, -0.2) is 20.4 Å². The number of rotatable bonds is 6. The Labute approximate surface area is 311 Å². The Morgan fingerprint density at radius 3 is 0.750 bits per heavy atom. The molecule has 0 aromatic heterocycles. The van der Waals surface area contributed by atoms with Gasteiger partial charge in [0.2, 0.25) is 0 Å². The van der Waals surface area contributed by atoms with Gasteiger partial charge in [-0.05, 0) is 79.3 Å². The van der Waals surface area contributed by atoms with E-state index in [1.165, 1.54) is 0 Å². The summed E-state index contributed by atoms with van der Waals surface area (Å²) in [6, 6.07) is 31.5. The summed E-state index contributed by atoms with van der Waals surface area (Å²) in [4.78, 5) is 0. The molecule has 0 aliphatic rings. The van der Waals surface area contributed by atoms with Crippen molar-refractivity contribution >= 4 is 0 Å². The maximum absolute atomic E-state index is 11.7. The van der Waals surface area contributed by atoms with E-state index in [0.29, 0.717) is 22.3 Å². The van der Waals surface area contributed by atoms with Crippen LogP contribution in [0.2, 0.25) is 0 Å². The molecule has 0 saturated carbocycles. The molecule has 52 heavy (non-hydrogen) atoms. The molecule has 0 bridgehead atoms. The van der Waals surface area contributed by atoms with Crippen LogP contribution in [0, 0.1) is 0 Å².